The molecule has 0 fully saturated rings. The predicted molar refractivity (Wildman–Crippen MR) is 92.6 cm³/mol. The topological polar surface area (TPSA) is 58.8 Å². The van der Waals surface area contributed by atoms with Crippen molar-refractivity contribution in [3.05, 3.63) is 59.5 Å². The highest BCUT2D eigenvalue weighted by Gasteiger charge is 2.01. The number of hydrogen-bond acceptors (Lipinski definition) is 3. The molecule has 2 N–H and O–H groups in total. The van der Waals surface area contributed by atoms with Gasteiger partial charge in [0.05, 0.1) is 19.4 Å². The van der Waals surface area contributed by atoms with Crippen molar-refractivity contribution < 1.29 is 9.15 Å². The lowest BCUT2D eigenvalue weighted by Gasteiger charge is -2.12. The molecule has 0 saturated heterocycles. The van der Waals surface area contributed by atoms with Gasteiger partial charge in [-0.25, -0.2) is 4.99 Å². The molecule has 0 radical (unpaired) electrons. The average molecular weight is 315 g/mol. The van der Waals surface area contributed by atoms with Crippen LogP contribution >= 0.6 is 0 Å². The van der Waals surface area contributed by atoms with Gasteiger partial charge in [0, 0.05) is 26.6 Å². The van der Waals surface area contributed by atoms with E-state index in [1.54, 1.807) is 13.4 Å². The first-order valence-electron chi connectivity index (χ1n) is 7.87. The second-order valence-corrected chi connectivity index (χ2v) is 5.27. The van der Waals surface area contributed by atoms with Crippen LogP contribution in [0.2, 0.25) is 0 Å². The molecule has 124 valence electrons. The maximum Gasteiger partial charge on any atom is 0.191 e. The number of guanidine groups is 1. The summed E-state index contributed by atoms with van der Waals surface area (Å²) in [5.74, 6) is 1.75. The molecular formula is C18H25N3O2. The predicted octanol–water partition coefficient (Wildman–Crippen LogP) is 2.51. The van der Waals surface area contributed by atoms with Crippen LogP contribution in [0.25, 0.3) is 0 Å². The fraction of sp³-hybridized carbons (Fsp3) is 0.389. The van der Waals surface area contributed by atoms with E-state index >= 15 is 0 Å². The fourth-order valence-electron chi connectivity index (χ4n) is 2.16. The van der Waals surface area contributed by atoms with E-state index in [0.29, 0.717) is 13.2 Å². The van der Waals surface area contributed by atoms with Crippen molar-refractivity contribution in [2.75, 3.05) is 26.8 Å². The number of hydrogen-bond donors (Lipinski definition) is 2. The van der Waals surface area contributed by atoms with Gasteiger partial charge in [-0.15, -0.1) is 0 Å². The van der Waals surface area contributed by atoms with Gasteiger partial charge in [0.15, 0.2) is 5.96 Å². The molecule has 0 amide bonds. The Morgan fingerprint density at radius 3 is 2.70 bits per heavy atom. The minimum atomic E-state index is 0.642. The number of aryl methyl sites for hydroxylation is 1. The quantitative estimate of drug-likeness (QED) is 0.446. The van der Waals surface area contributed by atoms with Crippen LogP contribution in [-0.2, 0) is 17.7 Å². The second kappa shape index (κ2) is 9.69. The molecule has 0 spiro atoms. The van der Waals surface area contributed by atoms with Crippen molar-refractivity contribution in [1.29, 1.82) is 0 Å². The van der Waals surface area contributed by atoms with Gasteiger partial charge in [0.2, 0.25) is 0 Å². The van der Waals surface area contributed by atoms with Gasteiger partial charge in [-0.2, -0.15) is 0 Å². The summed E-state index contributed by atoms with van der Waals surface area (Å²) in [6.07, 6.45) is 2.52. The third-order valence-corrected chi connectivity index (χ3v) is 3.51. The van der Waals surface area contributed by atoms with Crippen molar-refractivity contribution in [3.63, 3.8) is 0 Å². The zero-order valence-electron chi connectivity index (χ0n) is 13.8. The molecule has 0 saturated carbocycles. The zero-order valence-corrected chi connectivity index (χ0v) is 13.8. The van der Waals surface area contributed by atoms with Crippen LogP contribution in [-0.4, -0.2) is 32.8 Å². The number of rotatable bonds is 8. The molecular weight excluding hydrogens is 290 g/mol. The lowest BCUT2D eigenvalue weighted by molar-refractivity contribution is 0.203. The summed E-state index contributed by atoms with van der Waals surface area (Å²) in [5, 5.41) is 6.60. The van der Waals surface area contributed by atoms with Crippen LogP contribution < -0.4 is 10.6 Å². The monoisotopic (exact) mass is 315 g/mol. The second-order valence-electron chi connectivity index (χ2n) is 5.27. The van der Waals surface area contributed by atoms with E-state index < -0.39 is 0 Å². The first-order chi connectivity index (χ1) is 11.3. The summed E-state index contributed by atoms with van der Waals surface area (Å²) >= 11 is 0. The van der Waals surface area contributed by atoms with E-state index in [1.807, 2.05) is 24.3 Å². The van der Waals surface area contributed by atoms with E-state index in [-0.39, 0.29) is 0 Å². The van der Waals surface area contributed by atoms with E-state index in [0.717, 1.165) is 31.2 Å². The minimum absolute atomic E-state index is 0.642. The Labute approximate surface area is 137 Å². The first kappa shape index (κ1) is 17.1. The summed E-state index contributed by atoms with van der Waals surface area (Å²) in [5.41, 5.74) is 2.48. The van der Waals surface area contributed by atoms with Gasteiger partial charge in [-0.1, -0.05) is 24.3 Å². The molecule has 0 atom stereocenters. The average Bonchev–Trinajstić information content (AvgIpc) is 3.07. The third kappa shape index (κ3) is 6.16. The van der Waals surface area contributed by atoms with Gasteiger partial charge >= 0.3 is 0 Å². The van der Waals surface area contributed by atoms with Gasteiger partial charge in [-0.05, 0) is 30.2 Å². The molecule has 0 unspecified atom stereocenters. The molecule has 5 heteroatoms. The Bertz CT molecular complexity index is 594. The lowest BCUT2D eigenvalue weighted by atomic mass is 10.1. The molecule has 1 aromatic carbocycles. The van der Waals surface area contributed by atoms with E-state index in [1.165, 1.54) is 11.1 Å². The smallest absolute Gasteiger partial charge is 0.191 e. The normalized spacial score (nSPS) is 11.5. The third-order valence-electron chi connectivity index (χ3n) is 3.51. The van der Waals surface area contributed by atoms with Gasteiger partial charge in [0.25, 0.3) is 0 Å². The van der Waals surface area contributed by atoms with E-state index in [9.17, 15) is 0 Å². The largest absolute Gasteiger partial charge is 0.469 e. The molecule has 5 nitrogen and oxygen atoms in total. The summed E-state index contributed by atoms with van der Waals surface area (Å²) in [6.45, 7) is 4.88. The lowest BCUT2D eigenvalue weighted by Crippen LogP contribution is -2.40. The Balaban J connectivity index is 1.89. The fourth-order valence-corrected chi connectivity index (χ4v) is 2.16. The summed E-state index contributed by atoms with van der Waals surface area (Å²) in [4.78, 5) is 4.65. The zero-order chi connectivity index (χ0) is 16.3. The van der Waals surface area contributed by atoms with Crippen LogP contribution in [0, 0.1) is 6.92 Å². The van der Waals surface area contributed by atoms with Crippen LogP contribution in [0.4, 0.5) is 0 Å². The van der Waals surface area contributed by atoms with Gasteiger partial charge in [-0.3, -0.25) is 0 Å². The summed E-state index contributed by atoms with van der Waals surface area (Å²) in [7, 11) is 1.69. The molecule has 2 aromatic rings. The van der Waals surface area contributed by atoms with E-state index in [4.69, 9.17) is 9.15 Å². The SMILES string of the molecule is COCCNC(=NCc1ccccc1C)NCCc1ccco1. The molecule has 23 heavy (non-hydrogen) atoms. The molecule has 1 heterocycles. The number of methoxy groups -OCH3 is 1. The maximum absolute atomic E-state index is 5.34. The molecule has 2 rings (SSSR count). The molecule has 0 aliphatic rings. The molecule has 0 bridgehead atoms. The maximum atomic E-state index is 5.34. The number of nitrogens with one attached hydrogen (secondary N) is 2. The summed E-state index contributed by atoms with van der Waals surface area (Å²) in [6, 6.07) is 12.2. The van der Waals surface area contributed by atoms with E-state index in [2.05, 4.69) is 34.7 Å². The number of aliphatic imine (C=N–C) groups is 1. The van der Waals surface area contributed by atoms with Crippen molar-refractivity contribution in [2.24, 2.45) is 4.99 Å². The molecule has 1 aromatic heterocycles. The number of nitrogens with zero attached hydrogens (tertiary/aromatic N) is 1. The van der Waals surface area contributed by atoms with Crippen LogP contribution in [0.15, 0.2) is 52.1 Å². The Morgan fingerprint density at radius 2 is 1.96 bits per heavy atom. The highest BCUT2D eigenvalue weighted by atomic mass is 16.5. The van der Waals surface area contributed by atoms with Crippen molar-refractivity contribution in [1.82, 2.24) is 10.6 Å². The Morgan fingerprint density at radius 1 is 1.13 bits per heavy atom. The van der Waals surface area contributed by atoms with Gasteiger partial charge in [0.1, 0.15) is 5.76 Å². The van der Waals surface area contributed by atoms with Crippen molar-refractivity contribution in [2.45, 2.75) is 19.9 Å². The summed E-state index contributed by atoms with van der Waals surface area (Å²) < 4.78 is 10.4. The van der Waals surface area contributed by atoms with Gasteiger partial charge < -0.3 is 19.8 Å². The van der Waals surface area contributed by atoms with Crippen LogP contribution in [0.5, 0.6) is 0 Å². The Hall–Kier alpha value is -2.27. The number of ether oxygens (including phenoxy) is 1. The van der Waals surface area contributed by atoms with Crippen molar-refractivity contribution in [3.8, 4) is 0 Å². The first-order valence-corrected chi connectivity index (χ1v) is 7.87. The van der Waals surface area contributed by atoms with Crippen LogP contribution in [0.3, 0.4) is 0 Å². The Kier molecular flexibility index (Phi) is 7.20. The standard InChI is InChI=1S/C18H25N3O2/c1-15-6-3-4-7-16(15)14-21-18(20-11-13-22-2)19-10-9-17-8-5-12-23-17/h3-8,12H,9-11,13-14H2,1-2H3,(H2,19,20,21). The number of benzene rings is 1. The van der Waals surface area contributed by atoms with Crippen molar-refractivity contribution >= 4 is 5.96 Å². The molecule has 0 aliphatic carbocycles. The highest BCUT2D eigenvalue weighted by Crippen LogP contribution is 2.07. The van der Waals surface area contributed by atoms with Crippen LogP contribution in [0.1, 0.15) is 16.9 Å². The molecule has 0 aliphatic heterocycles. The minimum Gasteiger partial charge on any atom is -0.469 e. The highest BCUT2D eigenvalue weighted by molar-refractivity contribution is 5.79. The number of furan rings is 1.